The van der Waals surface area contributed by atoms with Crippen LogP contribution in [0.15, 0.2) is 30.3 Å². The third kappa shape index (κ3) is 7.70. The summed E-state index contributed by atoms with van der Waals surface area (Å²) < 4.78 is 0. The number of amides is 3. The maximum atomic E-state index is 12.2. The smallest absolute Gasteiger partial charge is 0.230 e. The van der Waals surface area contributed by atoms with Crippen LogP contribution in [0.1, 0.15) is 50.5 Å². The summed E-state index contributed by atoms with van der Waals surface area (Å²) in [5.74, 6) is 0.0804. The molecule has 1 aromatic carbocycles. The predicted molar refractivity (Wildman–Crippen MR) is 114 cm³/mol. The lowest BCUT2D eigenvalue weighted by atomic mass is 9.95. The quantitative estimate of drug-likeness (QED) is 0.514. The molecule has 7 nitrogen and oxygen atoms in total. The molecule has 0 spiro atoms. The maximum Gasteiger partial charge on any atom is 0.230 e. The van der Waals surface area contributed by atoms with Crippen LogP contribution in [0.2, 0.25) is 0 Å². The van der Waals surface area contributed by atoms with Crippen LogP contribution < -0.4 is 21.3 Å². The van der Waals surface area contributed by atoms with Gasteiger partial charge in [0, 0.05) is 31.5 Å². The fourth-order valence-corrected chi connectivity index (χ4v) is 4.64. The first-order valence-electron chi connectivity index (χ1n) is 10.4. The standard InChI is InChI=1S/C21H30N4O3S/c26-18(22-13-15-7-3-1-4-8-15)11-17-12-19(27)25-21(24-17)29-14-20(28)23-16-9-5-2-6-10-16/h1,3-4,7-8,16-17,21,24H,2,5-6,9-14H2,(H,22,26)(H,23,28)(H,25,27). The summed E-state index contributed by atoms with van der Waals surface area (Å²) in [4.78, 5) is 36.4. The molecular weight excluding hydrogens is 388 g/mol. The first kappa shape index (κ1) is 21.6. The van der Waals surface area contributed by atoms with Crippen LogP contribution in [0.4, 0.5) is 0 Å². The van der Waals surface area contributed by atoms with Gasteiger partial charge in [0.15, 0.2) is 0 Å². The molecule has 1 saturated carbocycles. The third-order valence-electron chi connectivity index (χ3n) is 5.23. The summed E-state index contributed by atoms with van der Waals surface area (Å²) in [6.07, 6.45) is 6.18. The second-order valence-corrected chi connectivity index (χ2v) is 8.79. The van der Waals surface area contributed by atoms with Gasteiger partial charge >= 0.3 is 0 Å². The van der Waals surface area contributed by atoms with Crippen LogP contribution in [0, 0.1) is 0 Å². The van der Waals surface area contributed by atoms with E-state index >= 15 is 0 Å². The minimum absolute atomic E-state index is 0.000626. The molecule has 8 heteroatoms. The van der Waals surface area contributed by atoms with Crippen molar-refractivity contribution in [2.24, 2.45) is 0 Å². The molecule has 29 heavy (non-hydrogen) atoms. The molecular formula is C21H30N4O3S. The molecule has 3 amide bonds. The Balaban J connectivity index is 1.38. The summed E-state index contributed by atoms with van der Waals surface area (Å²) in [7, 11) is 0. The number of thioether (sulfide) groups is 1. The molecule has 1 heterocycles. The van der Waals surface area contributed by atoms with Gasteiger partial charge in [-0.05, 0) is 18.4 Å². The molecule has 1 aliphatic carbocycles. The summed E-state index contributed by atoms with van der Waals surface area (Å²) in [6.45, 7) is 0.470. The topological polar surface area (TPSA) is 99.3 Å². The largest absolute Gasteiger partial charge is 0.353 e. The fraction of sp³-hybridized carbons (Fsp3) is 0.571. The number of benzene rings is 1. The Hall–Kier alpha value is -2.06. The highest BCUT2D eigenvalue weighted by Crippen LogP contribution is 2.18. The molecule has 2 aliphatic rings. The Morgan fingerprint density at radius 1 is 1.07 bits per heavy atom. The van der Waals surface area contributed by atoms with Gasteiger partial charge in [0.1, 0.15) is 5.50 Å². The lowest BCUT2D eigenvalue weighted by Crippen LogP contribution is -2.56. The van der Waals surface area contributed by atoms with Gasteiger partial charge < -0.3 is 16.0 Å². The van der Waals surface area contributed by atoms with E-state index in [9.17, 15) is 14.4 Å². The van der Waals surface area contributed by atoms with Crippen molar-refractivity contribution < 1.29 is 14.4 Å². The molecule has 0 bridgehead atoms. The number of carbonyl (C=O) groups excluding carboxylic acids is 3. The summed E-state index contributed by atoms with van der Waals surface area (Å²) >= 11 is 1.35. The first-order valence-corrected chi connectivity index (χ1v) is 11.4. The second-order valence-electron chi connectivity index (χ2n) is 7.70. The Morgan fingerprint density at radius 2 is 1.83 bits per heavy atom. The fourth-order valence-electron chi connectivity index (χ4n) is 3.73. The third-order valence-corrected chi connectivity index (χ3v) is 6.24. The van der Waals surface area contributed by atoms with Crippen molar-refractivity contribution in [3.8, 4) is 0 Å². The van der Waals surface area contributed by atoms with E-state index in [4.69, 9.17) is 0 Å². The summed E-state index contributed by atoms with van der Waals surface area (Å²) in [5.41, 5.74) is 0.674. The van der Waals surface area contributed by atoms with Crippen LogP contribution in [0.5, 0.6) is 0 Å². The predicted octanol–water partition coefficient (Wildman–Crippen LogP) is 1.64. The minimum atomic E-state index is -0.361. The van der Waals surface area contributed by atoms with Gasteiger partial charge in [-0.3, -0.25) is 19.7 Å². The van der Waals surface area contributed by atoms with Gasteiger partial charge in [0.25, 0.3) is 0 Å². The normalized spacial score (nSPS) is 22.6. The Morgan fingerprint density at radius 3 is 2.59 bits per heavy atom. The van der Waals surface area contributed by atoms with Gasteiger partial charge in [-0.1, -0.05) is 49.6 Å². The second kappa shape index (κ2) is 11.2. The lowest BCUT2D eigenvalue weighted by molar-refractivity contribution is -0.125. The van der Waals surface area contributed by atoms with E-state index in [0.717, 1.165) is 18.4 Å². The van der Waals surface area contributed by atoms with E-state index in [-0.39, 0.29) is 53.9 Å². The molecule has 2 atom stereocenters. The Kier molecular flexibility index (Phi) is 8.37. The monoisotopic (exact) mass is 418 g/mol. The van der Waals surface area contributed by atoms with Crippen LogP contribution >= 0.6 is 11.8 Å². The van der Waals surface area contributed by atoms with Crippen LogP contribution in [-0.2, 0) is 20.9 Å². The van der Waals surface area contributed by atoms with E-state index in [0.29, 0.717) is 6.54 Å². The number of hydrogen-bond donors (Lipinski definition) is 4. The summed E-state index contributed by atoms with van der Waals surface area (Å²) in [5, 5.41) is 12.1. The first-order chi connectivity index (χ1) is 14.1. The number of carbonyl (C=O) groups is 3. The average Bonchev–Trinajstić information content (AvgIpc) is 2.72. The summed E-state index contributed by atoms with van der Waals surface area (Å²) in [6, 6.07) is 9.75. The van der Waals surface area contributed by atoms with Crippen molar-refractivity contribution >= 4 is 29.5 Å². The van der Waals surface area contributed by atoms with E-state index < -0.39 is 0 Å². The SMILES string of the molecule is O=C(CC1CC(=O)NC(SCC(=O)NC2CCCCC2)N1)NCc1ccccc1. The van der Waals surface area contributed by atoms with Gasteiger partial charge in [0.2, 0.25) is 17.7 Å². The van der Waals surface area contributed by atoms with Crippen LogP contribution in [0.3, 0.4) is 0 Å². The number of nitrogens with one attached hydrogen (secondary N) is 4. The number of rotatable bonds is 8. The van der Waals surface area contributed by atoms with E-state index in [1.165, 1.54) is 31.0 Å². The van der Waals surface area contributed by atoms with Crippen molar-refractivity contribution in [3.05, 3.63) is 35.9 Å². The Bertz CT molecular complexity index is 694. The highest BCUT2D eigenvalue weighted by molar-refractivity contribution is 8.00. The minimum Gasteiger partial charge on any atom is -0.353 e. The van der Waals surface area contributed by atoms with Crippen molar-refractivity contribution in [1.29, 1.82) is 0 Å². The molecule has 0 aromatic heterocycles. The zero-order valence-electron chi connectivity index (χ0n) is 16.6. The molecule has 2 unspecified atom stereocenters. The zero-order chi connectivity index (χ0) is 20.5. The molecule has 158 valence electrons. The molecule has 0 radical (unpaired) electrons. The molecule has 2 fully saturated rings. The average molecular weight is 419 g/mol. The molecule has 1 aromatic rings. The molecule has 1 aliphatic heterocycles. The number of hydrogen-bond acceptors (Lipinski definition) is 5. The Labute approximate surface area is 176 Å². The van der Waals surface area contributed by atoms with Crippen LogP contribution in [0.25, 0.3) is 0 Å². The van der Waals surface area contributed by atoms with Gasteiger partial charge in [-0.15, -0.1) is 11.8 Å². The van der Waals surface area contributed by atoms with Crippen molar-refractivity contribution in [3.63, 3.8) is 0 Å². The highest BCUT2D eigenvalue weighted by Gasteiger charge is 2.28. The highest BCUT2D eigenvalue weighted by atomic mass is 32.2. The van der Waals surface area contributed by atoms with Gasteiger partial charge in [0.05, 0.1) is 5.75 Å². The molecule has 3 rings (SSSR count). The van der Waals surface area contributed by atoms with E-state index in [1.807, 2.05) is 30.3 Å². The lowest BCUT2D eigenvalue weighted by Gasteiger charge is -2.31. The van der Waals surface area contributed by atoms with Crippen molar-refractivity contribution in [2.75, 3.05) is 5.75 Å². The van der Waals surface area contributed by atoms with E-state index in [1.54, 1.807) is 0 Å². The van der Waals surface area contributed by atoms with Gasteiger partial charge in [-0.2, -0.15) is 0 Å². The van der Waals surface area contributed by atoms with Crippen molar-refractivity contribution in [1.82, 2.24) is 21.3 Å². The van der Waals surface area contributed by atoms with Gasteiger partial charge in [-0.25, -0.2) is 0 Å². The maximum absolute atomic E-state index is 12.2. The molecule has 1 saturated heterocycles. The molecule has 4 N–H and O–H groups in total. The van der Waals surface area contributed by atoms with Crippen LogP contribution in [-0.4, -0.2) is 41.1 Å². The van der Waals surface area contributed by atoms with E-state index in [2.05, 4.69) is 21.3 Å². The zero-order valence-corrected chi connectivity index (χ0v) is 17.4. The van der Waals surface area contributed by atoms with Crippen molar-refractivity contribution in [2.45, 2.75) is 69.1 Å².